The van der Waals surface area contributed by atoms with Crippen LogP contribution in [0.2, 0.25) is 0 Å². The lowest BCUT2D eigenvalue weighted by Gasteiger charge is -2.19. The molecule has 3 aromatic carbocycles. The summed E-state index contributed by atoms with van der Waals surface area (Å²) in [6.45, 7) is 1.77. The zero-order valence-corrected chi connectivity index (χ0v) is 24.4. The summed E-state index contributed by atoms with van der Waals surface area (Å²) in [5.74, 6) is -8.19. The number of aryl methyl sites for hydroxylation is 1. The number of aromatic carboxylic acids is 1. The minimum atomic E-state index is -5.08. The number of nitrogens with one attached hydrogen (secondary N) is 2. The van der Waals surface area contributed by atoms with Gasteiger partial charge in [0.15, 0.2) is 0 Å². The van der Waals surface area contributed by atoms with E-state index in [4.69, 9.17) is 36.3 Å². The number of hydrogen-bond acceptors (Lipinski definition) is 8. The number of benzene rings is 3. The normalized spacial score (nSPS) is 11.4. The Labute approximate surface area is 264 Å². The van der Waals surface area contributed by atoms with Crippen LogP contribution in [0.25, 0.3) is 0 Å². The Morgan fingerprint density at radius 3 is 2.15 bits per heavy atom. The highest BCUT2D eigenvalue weighted by atomic mass is 19.4. The molecule has 16 heteroatoms. The molecule has 0 aliphatic heterocycles. The summed E-state index contributed by atoms with van der Waals surface area (Å²) < 4.78 is 74.2. The number of pyridine rings is 1. The van der Waals surface area contributed by atoms with Crippen molar-refractivity contribution in [2.24, 2.45) is 5.73 Å². The second-order valence-electron chi connectivity index (χ2n) is 9.80. The van der Waals surface area contributed by atoms with Crippen LogP contribution in [0.4, 0.5) is 33.3 Å². The van der Waals surface area contributed by atoms with Gasteiger partial charge >= 0.3 is 18.1 Å². The summed E-state index contributed by atoms with van der Waals surface area (Å²) in [5.41, 5.74) is 11.9. The molecular formula is C31H28F5N5O6. The molecule has 248 valence electrons. The molecule has 0 spiro atoms. The summed E-state index contributed by atoms with van der Waals surface area (Å²) in [7, 11) is 0. The van der Waals surface area contributed by atoms with E-state index in [9.17, 15) is 23.1 Å². The number of alkyl halides is 3. The third-order valence-corrected chi connectivity index (χ3v) is 6.16. The molecule has 8 N–H and O–H groups in total. The zero-order valence-electron chi connectivity index (χ0n) is 24.4. The second-order valence-corrected chi connectivity index (χ2v) is 9.80. The molecule has 4 rings (SSSR count). The van der Waals surface area contributed by atoms with Gasteiger partial charge in [0.1, 0.15) is 28.6 Å². The maximum Gasteiger partial charge on any atom is 0.490 e. The fourth-order valence-corrected chi connectivity index (χ4v) is 3.86. The zero-order chi connectivity index (χ0) is 34.9. The van der Waals surface area contributed by atoms with E-state index in [0.29, 0.717) is 18.4 Å². The summed E-state index contributed by atoms with van der Waals surface area (Å²) in [5, 5.41) is 27.1. The van der Waals surface area contributed by atoms with E-state index in [1.165, 1.54) is 24.3 Å². The largest absolute Gasteiger partial charge is 0.490 e. The number of hydrogen-bond donors (Lipinski definition) is 6. The average molecular weight is 662 g/mol. The molecule has 4 aromatic rings. The Morgan fingerprint density at radius 1 is 0.957 bits per heavy atom. The van der Waals surface area contributed by atoms with Crippen molar-refractivity contribution in [2.75, 3.05) is 11.1 Å². The Morgan fingerprint density at radius 2 is 1.57 bits per heavy atom. The number of aromatic nitrogens is 1. The molecule has 1 heterocycles. The van der Waals surface area contributed by atoms with Gasteiger partial charge in [0.05, 0.1) is 0 Å². The highest BCUT2D eigenvalue weighted by Crippen LogP contribution is 2.37. The van der Waals surface area contributed by atoms with Crippen LogP contribution < -0.4 is 26.3 Å². The molecule has 11 nitrogen and oxygen atoms in total. The van der Waals surface area contributed by atoms with E-state index >= 15 is 8.78 Å². The Hall–Kier alpha value is -5.93. The number of carboxylic acid groups (broad SMARTS) is 2. The van der Waals surface area contributed by atoms with Gasteiger partial charge in [-0.05, 0) is 55.7 Å². The smallest absolute Gasteiger partial charge is 0.478 e. The van der Waals surface area contributed by atoms with Crippen LogP contribution >= 0.6 is 0 Å². The number of anilines is 2. The standard InChI is InChI=1S/C29H27F2N5O4.C2HF3O2/c1-16(10-11-17-6-3-2-4-7-17)35-25-23(30)27(39-20-9-5-8-18(14-20)26(33)34)36-28(24(25)31)40-22-13-12-19(32)15-21(22)29(37)38;3-2(4,5)1(6)7/h2-9,12-16H,10-11,32H2,1H3,(H3,33,34)(H,35,36)(H,37,38);(H,6,7). The molecule has 0 aliphatic rings. The van der Waals surface area contributed by atoms with E-state index in [2.05, 4.69) is 10.3 Å². The monoisotopic (exact) mass is 661 g/mol. The molecule has 0 aliphatic carbocycles. The predicted octanol–water partition coefficient (Wildman–Crippen LogP) is 6.58. The minimum Gasteiger partial charge on any atom is -0.478 e. The predicted molar refractivity (Wildman–Crippen MR) is 161 cm³/mol. The molecule has 0 amide bonds. The van der Waals surface area contributed by atoms with Crippen LogP contribution in [-0.2, 0) is 11.2 Å². The summed E-state index contributed by atoms with van der Waals surface area (Å²) in [4.78, 5) is 24.5. The van der Waals surface area contributed by atoms with Crippen molar-refractivity contribution in [3.8, 4) is 23.3 Å². The maximum atomic E-state index is 15.7. The molecule has 1 aromatic heterocycles. The lowest BCUT2D eigenvalue weighted by Crippen LogP contribution is -2.21. The van der Waals surface area contributed by atoms with Crippen molar-refractivity contribution >= 4 is 29.1 Å². The highest BCUT2D eigenvalue weighted by molar-refractivity contribution is 5.95. The van der Waals surface area contributed by atoms with Crippen molar-refractivity contribution in [1.29, 1.82) is 5.41 Å². The quantitative estimate of drug-likeness (QED) is 0.0443. The number of nitrogens with two attached hydrogens (primary N) is 2. The average Bonchev–Trinajstić information content (AvgIpc) is 3.01. The first-order chi connectivity index (χ1) is 22.1. The molecule has 0 saturated carbocycles. The van der Waals surface area contributed by atoms with Gasteiger partial charge in [-0.2, -0.15) is 26.9 Å². The molecular weight excluding hydrogens is 633 g/mol. The number of ether oxygens (including phenoxy) is 2. The van der Waals surface area contributed by atoms with E-state index in [1.54, 1.807) is 19.1 Å². The van der Waals surface area contributed by atoms with Crippen molar-refractivity contribution in [3.63, 3.8) is 0 Å². The van der Waals surface area contributed by atoms with Crippen molar-refractivity contribution in [2.45, 2.75) is 32.0 Å². The molecule has 0 saturated heterocycles. The lowest BCUT2D eigenvalue weighted by atomic mass is 10.1. The number of carbonyl (C=O) groups is 2. The third-order valence-electron chi connectivity index (χ3n) is 6.16. The van der Waals surface area contributed by atoms with Crippen LogP contribution in [0, 0.1) is 17.0 Å². The first-order valence-corrected chi connectivity index (χ1v) is 13.5. The van der Waals surface area contributed by atoms with Crippen molar-refractivity contribution < 1.29 is 51.2 Å². The van der Waals surface area contributed by atoms with Crippen LogP contribution in [-0.4, -0.2) is 45.2 Å². The number of nitrogen functional groups attached to an aromatic ring is 2. The number of halogens is 5. The fraction of sp³-hybridized carbons (Fsp3) is 0.161. The van der Waals surface area contributed by atoms with Gasteiger partial charge in [0.2, 0.25) is 11.6 Å². The molecule has 1 atom stereocenters. The number of carboxylic acids is 2. The van der Waals surface area contributed by atoms with Crippen LogP contribution in [0.5, 0.6) is 23.3 Å². The Balaban J connectivity index is 0.000000771. The van der Waals surface area contributed by atoms with Gasteiger partial charge in [0.25, 0.3) is 11.8 Å². The molecule has 0 bridgehead atoms. The molecule has 0 fully saturated rings. The van der Waals surface area contributed by atoms with Crippen LogP contribution in [0.3, 0.4) is 0 Å². The summed E-state index contributed by atoms with van der Waals surface area (Å²) in [6.07, 6.45) is -3.89. The van der Waals surface area contributed by atoms with Gasteiger partial charge in [-0.25, -0.2) is 9.59 Å². The molecule has 0 radical (unpaired) electrons. The highest BCUT2D eigenvalue weighted by Gasteiger charge is 2.38. The molecule has 1 unspecified atom stereocenters. The Bertz CT molecular complexity index is 1760. The first-order valence-electron chi connectivity index (χ1n) is 13.5. The van der Waals surface area contributed by atoms with E-state index in [-0.39, 0.29) is 34.6 Å². The van der Waals surface area contributed by atoms with Gasteiger partial charge < -0.3 is 36.5 Å². The lowest BCUT2D eigenvalue weighted by molar-refractivity contribution is -0.192. The van der Waals surface area contributed by atoms with Crippen LogP contribution in [0.15, 0.2) is 72.8 Å². The molecule has 47 heavy (non-hydrogen) atoms. The maximum absolute atomic E-state index is 15.7. The summed E-state index contributed by atoms with van der Waals surface area (Å²) >= 11 is 0. The third kappa shape index (κ3) is 10.0. The minimum absolute atomic E-state index is 0.0819. The number of amidine groups is 1. The van der Waals surface area contributed by atoms with Gasteiger partial charge in [-0.15, -0.1) is 0 Å². The summed E-state index contributed by atoms with van der Waals surface area (Å²) in [6, 6.07) is 19.0. The number of nitrogens with zero attached hydrogens (tertiary/aromatic N) is 1. The van der Waals surface area contributed by atoms with Crippen LogP contribution in [0.1, 0.15) is 34.8 Å². The van der Waals surface area contributed by atoms with Gasteiger partial charge in [-0.1, -0.05) is 42.5 Å². The topological polar surface area (TPSA) is 194 Å². The van der Waals surface area contributed by atoms with Gasteiger partial charge in [-0.3, -0.25) is 5.41 Å². The number of aliphatic carboxylic acids is 1. The van der Waals surface area contributed by atoms with E-state index in [0.717, 1.165) is 11.6 Å². The Kier molecular flexibility index (Phi) is 11.6. The number of rotatable bonds is 11. The fourth-order valence-electron chi connectivity index (χ4n) is 3.86. The SMILES string of the molecule is CC(CCc1ccccc1)Nc1c(F)c(Oc2cccc(C(=N)N)c2)nc(Oc2ccc(N)cc2C(=O)O)c1F.O=C(O)C(F)(F)F. The van der Waals surface area contributed by atoms with Crippen molar-refractivity contribution in [1.82, 2.24) is 4.98 Å². The second kappa shape index (κ2) is 15.4. The van der Waals surface area contributed by atoms with E-state index in [1.807, 2.05) is 30.3 Å². The van der Waals surface area contributed by atoms with Crippen molar-refractivity contribution in [3.05, 3.63) is 101 Å². The first kappa shape index (κ1) is 35.5. The van der Waals surface area contributed by atoms with Gasteiger partial charge in [0, 0.05) is 17.3 Å². The van der Waals surface area contributed by atoms with E-state index < -0.39 is 47.2 Å².